The van der Waals surface area contributed by atoms with Gasteiger partial charge < -0.3 is 19.2 Å². The Labute approximate surface area is 141 Å². The van der Waals surface area contributed by atoms with Crippen LogP contribution >= 0.6 is 0 Å². The summed E-state index contributed by atoms with van der Waals surface area (Å²) in [6.45, 7) is 3.52. The fourth-order valence-electron chi connectivity index (χ4n) is 2.75. The highest BCUT2D eigenvalue weighted by Crippen LogP contribution is 2.11. The molecule has 6 heteroatoms. The van der Waals surface area contributed by atoms with Crippen molar-refractivity contribution in [2.24, 2.45) is 0 Å². The zero-order chi connectivity index (χ0) is 16.8. The minimum atomic E-state index is -0.558. The first-order valence-electron chi connectivity index (χ1n) is 8.13. The Hall–Kier alpha value is -2.31. The molecule has 1 aromatic heterocycles. The van der Waals surface area contributed by atoms with E-state index in [-0.39, 0.29) is 12.5 Å². The van der Waals surface area contributed by atoms with Crippen molar-refractivity contribution in [2.45, 2.75) is 6.10 Å². The zero-order valence-electron chi connectivity index (χ0n) is 13.5. The van der Waals surface area contributed by atoms with Crippen molar-refractivity contribution in [3.63, 3.8) is 0 Å². The normalized spacial score (nSPS) is 16.8. The number of benzene rings is 1. The molecule has 1 amide bonds. The number of para-hydroxylation sites is 1. The predicted octanol–water partition coefficient (Wildman–Crippen LogP) is 1.48. The summed E-state index contributed by atoms with van der Waals surface area (Å²) in [7, 11) is 0. The van der Waals surface area contributed by atoms with Gasteiger partial charge in [0.15, 0.2) is 5.76 Å². The van der Waals surface area contributed by atoms with Gasteiger partial charge in [-0.1, -0.05) is 18.2 Å². The van der Waals surface area contributed by atoms with E-state index in [9.17, 15) is 9.90 Å². The van der Waals surface area contributed by atoms with Gasteiger partial charge in [-0.25, -0.2) is 0 Å². The van der Waals surface area contributed by atoms with Gasteiger partial charge >= 0.3 is 0 Å². The summed E-state index contributed by atoms with van der Waals surface area (Å²) < 4.78 is 10.7. The van der Waals surface area contributed by atoms with E-state index in [0.29, 0.717) is 25.4 Å². The Morgan fingerprint density at radius 2 is 1.88 bits per heavy atom. The summed E-state index contributed by atoms with van der Waals surface area (Å²) in [5, 5.41) is 10.1. The fourth-order valence-corrected chi connectivity index (χ4v) is 2.75. The molecule has 0 bridgehead atoms. The van der Waals surface area contributed by atoms with Crippen molar-refractivity contribution in [2.75, 3.05) is 39.3 Å². The highest BCUT2D eigenvalue weighted by Gasteiger charge is 2.24. The van der Waals surface area contributed by atoms with Crippen molar-refractivity contribution in [3.8, 4) is 5.75 Å². The molecule has 0 saturated carbocycles. The number of furan rings is 1. The van der Waals surface area contributed by atoms with E-state index in [0.717, 1.165) is 18.8 Å². The molecule has 0 aliphatic carbocycles. The fraction of sp³-hybridized carbons (Fsp3) is 0.389. The smallest absolute Gasteiger partial charge is 0.289 e. The average molecular weight is 330 g/mol. The first-order chi connectivity index (χ1) is 11.7. The lowest BCUT2D eigenvalue weighted by Crippen LogP contribution is -2.50. The molecule has 1 saturated heterocycles. The Balaban J connectivity index is 1.39. The number of amides is 1. The standard InChI is InChI=1S/C18H22N2O4/c21-15(14-24-16-5-2-1-3-6-16)13-19-8-10-20(11-9-19)18(22)17-7-4-12-23-17/h1-7,12,15,21H,8-11,13-14H2. The quantitative estimate of drug-likeness (QED) is 0.869. The van der Waals surface area contributed by atoms with Crippen molar-refractivity contribution in [1.29, 1.82) is 0 Å². The molecule has 2 heterocycles. The summed E-state index contributed by atoms with van der Waals surface area (Å²) >= 11 is 0. The number of carbonyl (C=O) groups excluding carboxylic acids is 1. The second-order valence-corrected chi connectivity index (χ2v) is 5.85. The van der Waals surface area contributed by atoms with Crippen molar-refractivity contribution >= 4 is 5.91 Å². The van der Waals surface area contributed by atoms with Crippen LogP contribution < -0.4 is 4.74 Å². The molecule has 1 aliphatic rings. The molecule has 24 heavy (non-hydrogen) atoms. The van der Waals surface area contributed by atoms with Crippen LogP contribution in [0.4, 0.5) is 0 Å². The Kier molecular flexibility index (Phi) is 5.51. The number of nitrogens with zero attached hydrogens (tertiary/aromatic N) is 2. The Morgan fingerprint density at radius 1 is 1.12 bits per heavy atom. The largest absolute Gasteiger partial charge is 0.491 e. The number of aliphatic hydroxyl groups excluding tert-OH is 1. The molecule has 1 aliphatic heterocycles. The molecular weight excluding hydrogens is 308 g/mol. The third-order valence-corrected chi connectivity index (χ3v) is 4.05. The number of carbonyl (C=O) groups is 1. The van der Waals surface area contributed by atoms with Crippen molar-refractivity contribution in [1.82, 2.24) is 9.80 Å². The number of β-amino-alcohol motifs (C(OH)–C–C–N with tert-alkyl or cyclic N) is 1. The predicted molar refractivity (Wildman–Crippen MR) is 89.0 cm³/mol. The van der Waals surface area contributed by atoms with Crippen LogP contribution in [0, 0.1) is 0 Å². The summed E-state index contributed by atoms with van der Waals surface area (Å²) in [4.78, 5) is 16.1. The molecule has 2 aromatic rings. The van der Waals surface area contributed by atoms with Crippen molar-refractivity contribution in [3.05, 3.63) is 54.5 Å². The van der Waals surface area contributed by atoms with Crippen LogP contribution in [0.15, 0.2) is 53.1 Å². The first kappa shape index (κ1) is 16.5. The lowest BCUT2D eigenvalue weighted by Gasteiger charge is -2.35. The summed E-state index contributed by atoms with van der Waals surface area (Å²) in [6.07, 6.45) is 0.949. The highest BCUT2D eigenvalue weighted by molar-refractivity contribution is 5.91. The number of piperazine rings is 1. The van der Waals surface area contributed by atoms with Crippen molar-refractivity contribution < 1.29 is 19.1 Å². The van der Waals surface area contributed by atoms with Crippen LogP contribution in [-0.4, -0.2) is 66.2 Å². The molecule has 0 spiro atoms. The van der Waals surface area contributed by atoms with Gasteiger partial charge in [-0.05, 0) is 24.3 Å². The van der Waals surface area contributed by atoms with Crippen LogP contribution in [0.2, 0.25) is 0 Å². The average Bonchev–Trinajstić information content (AvgIpc) is 3.16. The van der Waals surface area contributed by atoms with E-state index in [2.05, 4.69) is 4.90 Å². The van der Waals surface area contributed by atoms with Gasteiger partial charge in [0.25, 0.3) is 5.91 Å². The van der Waals surface area contributed by atoms with Gasteiger partial charge in [0.05, 0.1) is 6.26 Å². The maximum absolute atomic E-state index is 12.2. The van der Waals surface area contributed by atoms with E-state index < -0.39 is 6.10 Å². The van der Waals surface area contributed by atoms with E-state index in [1.54, 1.807) is 17.0 Å². The van der Waals surface area contributed by atoms with E-state index in [1.807, 2.05) is 30.3 Å². The van der Waals surface area contributed by atoms with E-state index in [1.165, 1.54) is 6.26 Å². The van der Waals surface area contributed by atoms with Gasteiger partial charge in [0.2, 0.25) is 0 Å². The molecule has 128 valence electrons. The SMILES string of the molecule is O=C(c1ccco1)N1CCN(CC(O)COc2ccccc2)CC1. The minimum absolute atomic E-state index is 0.0763. The molecule has 1 unspecified atom stereocenters. The van der Waals surface area contributed by atoms with Gasteiger partial charge in [-0.2, -0.15) is 0 Å². The molecule has 6 nitrogen and oxygen atoms in total. The third-order valence-electron chi connectivity index (χ3n) is 4.05. The molecule has 1 aromatic carbocycles. The zero-order valence-corrected chi connectivity index (χ0v) is 13.5. The lowest BCUT2D eigenvalue weighted by atomic mass is 10.2. The van der Waals surface area contributed by atoms with Gasteiger partial charge in [0.1, 0.15) is 18.5 Å². The maximum atomic E-state index is 12.2. The van der Waals surface area contributed by atoms with Crippen LogP contribution in [0.5, 0.6) is 5.75 Å². The van der Waals surface area contributed by atoms with Gasteiger partial charge in [0, 0.05) is 32.7 Å². The number of hydrogen-bond donors (Lipinski definition) is 1. The second-order valence-electron chi connectivity index (χ2n) is 5.85. The molecule has 0 radical (unpaired) electrons. The Bertz CT molecular complexity index is 622. The lowest BCUT2D eigenvalue weighted by molar-refractivity contribution is 0.0389. The summed E-state index contributed by atoms with van der Waals surface area (Å²) in [5.41, 5.74) is 0. The second kappa shape index (κ2) is 7.99. The highest BCUT2D eigenvalue weighted by atomic mass is 16.5. The van der Waals surface area contributed by atoms with Crippen LogP contribution in [0.1, 0.15) is 10.6 Å². The third kappa shape index (κ3) is 4.37. The van der Waals surface area contributed by atoms with E-state index in [4.69, 9.17) is 9.15 Å². The van der Waals surface area contributed by atoms with Crippen LogP contribution in [0.3, 0.4) is 0 Å². The Morgan fingerprint density at radius 3 is 2.54 bits per heavy atom. The number of ether oxygens (including phenoxy) is 1. The molecule has 1 fully saturated rings. The number of rotatable bonds is 6. The van der Waals surface area contributed by atoms with Gasteiger partial charge in [-0.15, -0.1) is 0 Å². The monoisotopic (exact) mass is 330 g/mol. The molecule has 1 N–H and O–H groups in total. The topological polar surface area (TPSA) is 66.2 Å². The van der Waals surface area contributed by atoms with Crippen LogP contribution in [0.25, 0.3) is 0 Å². The molecular formula is C18H22N2O4. The van der Waals surface area contributed by atoms with Crippen LogP contribution in [-0.2, 0) is 0 Å². The summed E-state index contributed by atoms with van der Waals surface area (Å²) in [6, 6.07) is 12.9. The summed E-state index contributed by atoms with van der Waals surface area (Å²) in [5.74, 6) is 1.05. The molecule has 3 rings (SSSR count). The number of aliphatic hydroxyl groups is 1. The maximum Gasteiger partial charge on any atom is 0.289 e. The van der Waals surface area contributed by atoms with Gasteiger partial charge in [-0.3, -0.25) is 9.69 Å². The molecule has 1 atom stereocenters. The first-order valence-corrected chi connectivity index (χ1v) is 8.13. The van der Waals surface area contributed by atoms with E-state index >= 15 is 0 Å². The number of hydrogen-bond acceptors (Lipinski definition) is 5. The minimum Gasteiger partial charge on any atom is -0.491 e.